The zero-order valence-corrected chi connectivity index (χ0v) is 12.3. The van der Waals surface area contributed by atoms with E-state index in [9.17, 15) is 0 Å². The molecule has 1 saturated heterocycles. The number of nitrogens with zero attached hydrogens (tertiary/aromatic N) is 1. The van der Waals surface area contributed by atoms with Gasteiger partial charge in [0.15, 0.2) is 0 Å². The molecule has 0 radical (unpaired) electrons. The van der Waals surface area contributed by atoms with Gasteiger partial charge in [0.1, 0.15) is 0 Å². The lowest BCUT2D eigenvalue weighted by molar-refractivity contribution is 0.262. The van der Waals surface area contributed by atoms with Gasteiger partial charge in [-0.15, -0.1) is 0 Å². The predicted molar refractivity (Wildman–Crippen MR) is 76.4 cm³/mol. The summed E-state index contributed by atoms with van der Waals surface area (Å²) in [6.45, 7) is 13.0. The Labute approximate surface area is 108 Å². The summed E-state index contributed by atoms with van der Waals surface area (Å²) < 4.78 is 0. The summed E-state index contributed by atoms with van der Waals surface area (Å²) >= 11 is 0. The van der Waals surface area contributed by atoms with Crippen molar-refractivity contribution in [2.45, 2.75) is 71.9 Å². The van der Waals surface area contributed by atoms with Crippen molar-refractivity contribution in [2.24, 2.45) is 5.92 Å². The van der Waals surface area contributed by atoms with Gasteiger partial charge < -0.3 is 10.2 Å². The molecule has 0 aliphatic carbocycles. The van der Waals surface area contributed by atoms with Crippen LogP contribution in [0.4, 0.5) is 0 Å². The number of hydrogen-bond acceptors (Lipinski definition) is 2. The van der Waals surface area contributed by atoms with Crippen LogP contribution in [0.25, 0.3) is 0 Å². The lowest BCUT2D eigenvalue weighted by Crippen LogP contribution is -2.35. The highest BCUT2D eigenvalue weighted by molar-refractivity contribution is 4.80. The molecule has 0 bridgehead atoms. The van der Waals surface area contributed by atoms with E-state index in [0.29, 0.717) is 0 Å². The summed E-state index contributed by atoms with van der Waals surface area (Å²) in [5.41, 5.74) is 0. The SMILES string of the molecule is CCCCC(CC)NCC1CCN(C(C)C)C1. The predicted octanol–water partition coefficient (Wildman–Crippen LogP) is 3.28. The molecule has 1 rings (SSSR count). The van der Waals surface area contributed by atoms with Crippen molar-refractivity contribution < 1.29 is 0 Å². The van der Waals surface area contributed by atoms with Crippen LogP contribution in [0.3, 0.4) is 0 Å². The first kappa shape index (κ1) is 15.0. The van der Waals surface area contributed by atoms with Crippen LogP contribution in [0.5, 0.6) is 0 Å². The molecule has 2 heteroatoms. The van der Waals surface area contributed by atoms with Crippen molar-refractivity contribution in [2.75, 3.05) is 19.6 Å². The van der Waals surface area contributed by atoms with E-state index >= 15 is 0 Å². The van der Waals surface area contributed by atoms with Gasteiger partial charge in [0.05, 0.1) is 0 Å². The summed E-state index contributed by atoms with van der Waals surface area (Å²) in [5, 5.41) is 3.78. The summed E-state index contributed by atoms with van der Waals surface area (Å²) in [5.74, 6) is 0.882. The molecule has 1 aliphatic heterocycles. The molecule has 1 N–H and O–H groups in total. The second-order valence-electron chi connectivity index (χ2n) is 5.90. The second kappa shape index (κ2) is 8.10. The van der Waals surface area contributed by atoms with Gasteiger partial charge in [-0.2, -0.15) is 0 Å². The molecule has 1 aliphatic rings. The third kappa shape index (κ3) is 5.39. The Morgan fingerprint density at radius 2 is 2.06 bits per heavy atom. The molecule has 2 nitrogen and oxygen atoms in total. The Kier molecular flexibility index (Phi) is 7.14. The maximum Gasteiger partial charge on any atom is 0.00645 e. The van der Waals surface area contributed by atoms with E-state index in [1.54, 1.807) is 0 Å². The molecule has 2 atom stereocenters. The zero-order chi connectivity index (χ0) is 12.7. The largest absolute Gasteiger partial charge is 0.314 e. The second-order valence-corrected chi connectivity index (χ2v) is 5.90. The first-order valence-corrected chi connectivity index (χ1v) is 7.64. The Hall–Kier alpha value is -0.0800. The van der Waals surface area contributed by atoms with E-state index in [4.69, 9.17) is 0 Å². The van der Waals surface area contributed by atoms with Crippen LogP contribution >= 0.6 is 0 Å². The maximum absolute atomic E-state index is 3.78. The van der Waals surface area contributed by atoms with Gasteiger partial charge in [0.2, 0.25) is 0 Å². The summed E-state index contributed by atoms with van der Waals surface area (Å²) in [6, 6.07) is 1.48. The molecule has 1 fully saturated rings. The highest BCUT2D eigenvalue weighted by Gasteiger charge is 2.24. The Balaban J connectivity index is 2.17. The number of rotatable bonds is 8. The van der Waals surface area contributed by atoms with Crippen LogP contribution in [0.2, 0.25) is 0 Å². The normalized spacial score (nSPS) is 23.5. The van der Waals surface area contributed by atoms with E-state index in [1.165, 1.54) is 51.7 Å². The Bertz CT molecular complexity index is 191. The molecule has 2 unspecified atom stereocenters. The monoisotopic (exact) mass is 240 g/mol. The highest BCUT2D eigenvalue weighted by Crippen LogP contribution is 2.18. The van der Waals surface area contributed by atoms with E-state index in [0.717, 1.165) is 18.0 Å². The molecule has 0 aromatic carbocycles. The van der Waals surface area contributed by atoms with Crippen LogP contribution in [0.15, 0.2) is 0 Å². The van der Waals surface area contributed by atoms with Crippen molar-refractivity contribution in [3.05, 3.63) is 0 Å². The fourth-order valence-electron chi connectivity index (χ4n) is 2.73. The van der Waals surface area contributed by atoms with Gasteiger partial charge in [-0.1, -0.05) is 26.7 Å². The van der Waals surface area contributed by atoms with Crippen LogP contribution in [-0.2, 0) is 0 Å². The van der Waals surface area contributed by atoms with Crippen molar-refractivity contribution in [3.8, 4) is 0 Å². The van der Waals surface area contributed by atoms with Gasteiger partial charge in [-0.05, 0) is 52.1 Å². The Morgan fingerprint density at radius 1 is 1.29 bits per heavy atom. The average molecular weight is 240 g/mol. The first-order valence-electron chi connectivity index (χ1n) is 7.64. The smallest absolute Gasteiger partial charge is 0.00645 e. The molecule has 0 aromatic heterocycles. The van der Waals surface area contributed by atoms with Gasteiger partial charge in [0, 0.05) is 18.6 Å². The van der Waals surface area contributed by atoms with Crippen LogP contribution in [0, 0.1) is 5.92 Å². The molecular formula is C15H32N2. The van der Waals surface area contributed by atoms with Crippen molar-refractivity contribution >= 4 is 0 Å². The van der Waals surface area contributed by atoms with E-state index in [1.807, 2.05) is 0 Å². The molecule has 0 spiro atoms. The molecule has 0 saturated carbocycles. The van der Waals surface area contributed by atoms with Crippen LogP contribution in [0.1, 0.15) is 59.8 Å². The molecule has 0 amide bonds. The number of nitrogens with one attached hydrogen (secondary N) is 1. The van der Waals surface area contributed by atoms with Crippen LogP contribution < -0.4 is 5.32 Å². The average Bonchev–Trinajstić information content (AvgIpc) is 2.78. The zero-order valence-electron chi connectivity index (χ0n) is 12.3. The van der Waals surface area contributed by atoms with Gasteiger partial charge in [-0.3, -0.25) is 0 Å². The van der Waals surface area contributed by atoms with Gasteiger partial charge >= 0.3 is 0 Å². The van der Waals surface area contributed by atoms with Crippen LogP contribution in [-0.4, -0.2) is 36.6 Å². The van der Waals surface area contributed by atoms with Crippen molar-refractivity contribution in [1.82, 2.24) is 10.2 Å². The fraction of sp³-hybridized carbons (Fsp3) is 1.00. The van der Waals surface area contributed by atoms with E-state index < -0.39 is 0 Å². The quantitative estimate of drug-likeness (QED) is 0.700. The van der Waals surface area contributed by atoms with E-state index in [-0.39, 0.29) is 0 Å². The number of hydrogen-bond donors (Lipinski definition) is 1. The van der Waals surface area contributed by atoms with E-state index in [2.05, 4.69) is 37.9 Å². The summed E-state index contributed by atoms with van der Waals surface area (Å²) in [6.07, 6.45) is 6.71. The molecule has 17 heavy (non-hydrogen) atoms. The maximum atomic E-state index is 3.78. The Morgan fingerprint density at radius 3 is 2.59 bits per heavy atom. The third-order valence-electron chi connectivity index (χ3n) is 4.14. The minimum absolute atomic E-state index is 0.724. The number of likely N-dealkylation sites (tertiary alicyclic amines) is 1. The minimum Gasteiger partial charge on any atom is -0.314 e. The summed E-state index contributed by atoms with van der Waals surface area (Å²) in [7, 11) is 0. The molecule has 0 aromatic rings. The lowest BCUT2D eigenvalue weighted by atomic mass is 10.1. The highest BCUT2D eigenvalue weighted by atomic mass is 15.2. The number of unbranched alkanes of at least 4 members (excludes halogenated alkanes) is 1. The standard InChI is InChI=1S/C15H32N2/c1-5-7-8-15(6-2)16-11-14-9-10-17(12-14)13(3)4/h13-16H,5-12H2,1-4H3. The van der Waals surface area contributed by atoms with Gasteiger partial charge in [-0.25, -0.2) is 0 Å². The summed E-state index contributed by atoms with van der Waals surface area (Å²) in [4.78, 5) is 2.61. The van der Waals surface area contributed by atoms with Gasteiger partial charge in [0.25, 0.3) is 0 Å². The topological polar surface area (TPSA) is 15.3 Å². The fourth-order valence-corrected chi connectivity index (χ4v) is 2.73. The molecule has 102 valence electrons. The van der Waals surface area contributed by atoms with Crippen molar-refractivity contribution in [3.63, 3.8) is 0 Å². The van der Waals surface area contributed by atoms with Crippen molar-refractivity contribution in [1.29, 1.82) is 0 Å². The third-order valence-corrected chi connectivity index (χ3v) is 4.14. The minimum atomic E-state index is 0.724. The lowest BCUT2D eigenvalue weighted by Gasteiger charge is -2.22. The molecule has 1 heterocycles. The first-order chi connectivity index (χ1) is 8.17. The molecular weight excluding hydrogens is 208 g/mol.